The van der Waals surface area contributed by atoms with E-state index in [2.05, 4.69) is 31.8 Å². The number of hydrogen-bond donors (Lipinski definition) is 1. The summed E-state index contributed by atoms with van der Waals surface area (Å²) >= 11 is 0. The summed E-state index contributed by atoms with van der Waals surface area (Å²) in [4.78, 5) is 3.80. The lowest BCUT2D eigenvalue weighted by Gasteiger charge is -2.27. The highest BCUT2D eigenvalue weighted by Gasteiger charge is 2.30. The van der Waals surface area contributed by atoms with Gasteiger partial charge in [0.25, 0.3) is 0 Å². The number of hydrogen-bond acceptors (Lipinski definition) is 2. The molecule has 2 heterocycles. The molecule has 0 unspecified atom stereocenters. The molecule has 1 aromatic heterocycles. The first-order chi connectivity index (χ1) is 12.3. The van der Waals surface area contributed by atoms with E-state index >= 15 is 0 Å². The molecule has 0 bridgehead atoms. The van der Waals surface area contributed by atoms with E-state index in [4.69, 9.17) is 0 Å². The molecule has 0 fully saturated rings. The lowest BCUT2D eigenvalue weighted by Crippen LogP contribution is -2.35. The molecule has 1 N–H and O–H groups in total. The van der Waals surface area contributed by atoms with E-state index in [1.54, 1.807) is 16.4 Å². The maximum atomic E-state index is 13.1. The lowest BCUT2D eigenvalue weighted by atomic mass is 9.87. The number of nitrogens with zero attached hydrogens (tertiary/aromatic N) is 1. The van der Waals surface area contributed by atoms with E-state index in [-0.39, 0.29) is 5.41 Å². The van der Waals surface area contributed by atoms with E-state index in [1.165, 1.54) is 0 Å². The van der Waals surface area contributed by atoms with Crippen LogP contribution in [-0.4, -0.2) is 24.3 Å². The second-order valence-corrected chi connectivity index (χ2v) is 9.93. The van der Waals surface area contributed by atoms with Crippen LogP contribution >= 0.6 is 0 Å². The minimum absolute atomic E-state index is 0.00631. The Morgan fingerprint density at radius 1 is 1.00 bits per heavy atom. The maximum absolute atomic E-state index is 13.1. The fraction of sp³-hybridized carbons (Fsp3) is 0.333. The first kappa shape index (κ1) is 17.3. The third-order valence-corrected chi connectivity index (χ3v) is 7.07. The van der Waals surface area contributed by atoms with Crippen LogP contribution in [0.25, 0.3) is 10.9 Å². The van der Waals surface area contributed by atoms with Crippen molar-refractivity contribution in [3.05, 3.63) is 65.4 Å². The Kier molecular flexibility index (Phi) is 3.97. The number of rotatable bonds is 2. The monoisotopic (exact) mass is 368 g/mol. The summed E-state index contributed by atoms with van der Waals surface area (Å²) in [5, 5.41) is 1.12. The fourth-order valence-corrected chi connectivity index (χ4v) is 5.03. The van der Waals surface area contributed by atoms with E-state index < -0.39 is 10.0 Å². The Morgan fingerprint density at radius 3 is 2.38 bits per heavy atom. The minimum Gasteiger partial charge on any atom is -0.358 e. The number of sulfonamides is 1. The van der Waals surface area contributed by atoms with Gasteiger partial charge in [-0.3, -0.25) is 0 Å². The van der Waals surface area contributed by atoms with Gasteiger partial charge in [-0.2, -0.15) is 4.31 Å². The first-order valence-electron chi connectivity index (χ1n) is 8.96. The molecule has 0 saturated carbocycles. The molecule has 0 spiro atoms. The van der Waals surface area contributed by atoms with Gasteiger partial charge in [0, 0.05) is 36.1 Å². The van der Waals surface area contributed by atoms with Gasteiger partial charge in [0.2, 0.25) is 10.0 Å². The van der Waals surface area contributed by atoms with Crippen molar-refractivity contribution in [3.8, 4) is 0 Å². The molecule has 0 amide bonds. The van der Waals surface area contributed by atoms with Crippen molar-refractivity contribution < 1.29 is 8.42 Å². The van der Waals surface area contributed by atoms with Crippen LogP contribution in [-0.2, 0) is 28.4 Å². The van der Waals surface area contributed by atoms with Crippen LogP contribution in [0.2, 0.25) is 0 Å². The molecule has 0 aliphatic carbocycles. The van der Waals surface area contributed by atoms with Crippen LogP contribution in [0.15, 0.2) is 53.4 Å². The number of H-pyrrole nitrogens is 1. The zero-order valence-corrected chi connectivity index (χ0v) is 16.2. The Hall–Kier alpha value is -2.11. The highest BCUT2D eigenvalue weighted by molar-refractivity contribution is 7.89. The van der Waals surface area contributed by atoms with E-state index in [9.17, 15) is 8.42 Å². The smallest absolute Gasteiger partial charge is 0.243 e. The minimum atomic E-state index is -3.49. The van der Waals surface area contributed by atoms with Crippen molar-refractivity contribution in [1.29, 1.82) is 0 Å². The molecule has 0 saturated heterocycles. The summed E-state index contributed by atoms with van der Waals surface area (Å²) in [7, 11) is -3.49. The summed E-state index contributed by atoms with van der Waals surface area (Å²) in [6.45, 7) is 7.30. The van der Waals surface area contributed by atoms with Crippen molar-refractivity contribution >= 4 is 20.9 Å². The van der Waals surface area contributed by atoms with E-state index in [0.29, 0.717) is 24.4 Å². The van der Waals surface area contributed by atoms with Crippen molar-refractivity contribution in [2.45, 2.75) is 44.0 Å². The molecule has 3 aromatic rings. The normalized spacial score (nSPS) is 16.0. The SMILES string of the molecule is CC(C)(C)c1ccc(S(=O)(=O)N2CCc3[nH]c4ccccc4c3C2)cc1. The number of aromatic nitrogens is 1. The fourth-order valence-electron chi connectivity index (χ4n) is 3.62. The molecule has 0 atom stereocenters. The van der Waals surface area contributed by atoms with Crippen LogP contribution in [0.1, 0.15) is 37.6 Å². The average Bonchev–Trinajstić information content (AvgIpc) is 2.99. The third kappa shape index (κ3) is 2.85. The lowest BCUT2D eigenvalue weighted by molar-refractivity contribution is 0.391. The molecule has 26 heavy (non-hydrogen) atoms. The van der Waals surface area contributed by atoms with Gasteiger partial charge >= 0.3 is 0 Å². The van der Waals surface area contributed by atoms with E-state index in [0.717, 1.165) is 27.7 Å². The summed E-state index contributed by atoms with van der Waals surface area (Å²) in [6, 6.07) is 15.4. The molecule has 2 aromatic carbocycles. The van der Waals surface area contributed by atoms with Crippen molar-refractivity contribution in [2.75, 3.05) is 6.54 Å². The summed E-state index contributed by atoms with van der Waals surface area (Å²) < 4.78 is 27.9. The van der Waals surface area contributed by atoms with Gasteiger partial charge in [0.15, 0.2) is 0 Å². The molecular formula is C21H24N2O2S. The highest BCUT2D eigenvalue weighted by Crippen LogP contribution is 2.31. The Balaban J connectivity index is 1.67. The van der Waals surface area contributed by atoms with Crippen LogP contribution in [0.5, 0.6) is 0 Å². The number of nitrogens with one attached hydrogen (secondary N) is 1. The molecular weight excluding hydrogens is 344 g/mol. The second kappa shape index (κ2) is 5.96. The molecule has 4 rings (SSSR count). The number of benzene rings is 2. The van der Waals surface area contributed by atoms with E-state index in [1.807, 2.05) is 30.3 Å². The highest BCUT2D eigenvalue weighted by atomic mass is 32.2. The standard InChI is InChI=1S/C21H24N2O2S/c1-21(2,3)15-8-10-16(11-9-15)26(24,25)23-13-12-20-18(14-23)17-6-4-5-7-19(17)22-20/h4-11,22H,12-14H2,1-3H3. The Labute approximate surface area is 154 Å². The zero-order valence-electron chi connectivity index (χ0n) is 15.4. The predicted octanol–water partition coefficient (Wildman–Crippen LogP) is 4.21. The van der Waals surface area contributed by atoms with Crippen LogP contribution in [0, 0.1) is 0 Å². The second-order valence-electron chi connectivity index (χ2n) is 7.99. The molecule has 1 aliphatic heterocycles. The van der Waals surface area contributed by atoms with Crippen LogP contribution < -0.4 is 0 Å². The largest absolute Gasteiger partial charge is 0.358 e. The molecule has 5 heteroatoms. The summed E-state index contributed by atoms with van der Waals surface area (Å²) in [5.74, 6) is 0. The van der Waals surface area contributed by atoms with Crippen LogP contribution in [0.4, 0.5) is 0 Å². The predicted molar refractivity (Wildman–Crippen MR) is 105 cm³/mol. The number of para-hydroxylation sites is 1. The quantitative estimate of drug-likeness (QED) is 0.736. The van der Waals surface area contributed by atoms with Crippen molar-refractivity contribution in [1.82, 2.24) is 9.29 Å². The molecule has 0 radical (unpaired) electrons. The Bertz CT molecular complexity index is 1060. The van der Waals surface area contributed by atoms with Crippen LogP contribution in [0.3, 0.4) is 0 Å². The molecule has 1 aliphatic rings. The van der Waals surface area contributed by atoms with Gasteiger partial charge < -0.3 is 4.98 Å². The van der Waals surface area contributed by atoms with Gasteiger partial charge in [-0.05, 0) is 34.7 Å². The zero-order chi connectivity index (χ0) is 18.5. The van der Waals surface area contributed by atoms with Gasteiger partial charge in [-0.1, -0.05) is 51.1 Å². The topological polar surface area (TPSA) is 53.2 Å². The van der Waals surface area contributed by atoms with Crippen molar-refractivity contribution in [2.24, 2.45) is 0 Å². The summed E-state index contributed by atoms with van der Waals surface area (Å²) in [5.41, 5.74) is 4.47. The third-order valence-electron chi connectivity index (χ3n) is 5.21. The molecule has 136 valence electrons. The number of fused-ring (bicyclic) bond motifs is 3. The first-order valence-corrected chi connectivity index (χ1v) is 10.4. The Morgan fingerprint density at radius 2 is 1.69 bits per heavy atom. The average molecular weight is 369 g/mol. The van der Waals surface area contributed by atoms with Crippen molar-refractivity contribution in [3.63, 3.8) is 0 Å². The summed E-state index contributed by atoms with van der Waals surface area (Å²) in [6.07, 6.45) is 0.712. The maximum Gasteiger partial charge on any atom is 0.243 e. The number of aromatic amines is 1. The van der Waals surface area contributed by atoms with Gasteiger partial charge in [-0.15, -0.1) is 0 Å². The van der Waals surface area contributed by atoms with Gasteiger partial charge in [0.05, 0.1) is 4.90 Å². The van der Waals surface area contributed by atoms with Gasteiger partial charge in [0.1, 0.15) is 0 Å². The van der Waals surface area contributed by atoms with Gasteiger partial charge in [-0.25, -0.2) is 8.42 Å². The molecule has 4 nitrogen and oxygen atoms in total.